The molecule has 0 bridgehead atoms. The zero-order chi connectivity index (χ0) is 24.8. The second-order valence-electron chi connectivity index (χ2n) is 7.78. The molecule has 3 aromatic carbocycles. The summed E-state index contributed by atoms with van der Waals surface area (Å²) in [6.07, 6.45) is -5.28. The molecule has 0 aliphatic carbocycles. The maximum Gasteiger partial charge on any atom is 0.416 e. The molecule has 0 aromatic heterocycles. The summed E-state index contributed by atoms with van der Waals surface area (Å²) in [5.41, 5.74) is 0.215. The summed E-state index contributed by atoms with van der Waals surface area (Å²) in [6, 6.07) is 10.6. The van der Waals surface area contributed by atoms with E-state index in [1.54, 1.807) is 12.1 Å². The first kappa shape index (κ1) is 24.0. The molecule has 3 aromatic rings. The molecule has 178 valence electrons. The van der Waals surface area contributed by atoms with Gasteiger partial charge in [0.15, 0.2) is 0 Å². The van der Waals surface area contributed by atoms with Crippen LogP contribution in [0.4, 0.5) is 23.2 Å². The number of fused-ring (bicyclic) bond motifs is 1. The van der Waals surface area contributed by atoms with Gasteiger partial charge >= 0.3 is 12.1 Å². The second kappa shape index (κ2) is 8.59. The fourth-order valence-electron chi connectivity index (χ4n) is 4.00. The first-order valence-corrected chi connectivity index (χ1v) is 11.7. The van der Waals surface area contributed by atoms with Crippen LogP contribution in [0.15, 0.2) is 65.6 Å². The van der Waals surface area contributed by atoms with Crippen molar-refractivity contribution in [3.05, 3.63) is 82.6 Å². The number of carboxylic acids is 1. The molecule has 1 aliphatic heterocycles. The summed E-state index contributed by atoms with van der Waals surface area (Å²) in [5.74, 6) is -1.88. The van der Waals surface area contributed by atoms with Crippen molar-refractivity contribution >= 4 is 33.3 Å². The molecule has 0 amide bonds. The van der Waals surface area contributed by atoms with Crippen molar-refractivity contribution < 1.29 is 35.9 Å². The number of benzene rings is 3. The lowest BCUT2D eigenvalue weighted by atomic mass is 10.0. The van der Waals surface area contributed by atoms with Gasteiger partial charge in [-0.05, 0) is 65.6 Å². The van der Waals surface area contributed by atoms with E-state index >= 15 is 0 Å². The van der Waals surface area contributed by atoms with Crippen molar-refractivity contribution in [1.82, 2.24) is 0 Å². The summed E-state index contributed by atoms with van der Waals surface area (Å²) in [5, 5.41) is 9.44. The number of rotatable bonds is 5. The van der Waals surface area contributed by atoms with Crippen LogP contribution in [-0.2, 0) is 27.4 Å². The van der Waals surface area contributed by atoms with Crippen molar-refractivity contribution in [2.24, 2.45) is 0 Å². The first-order valence-electron chi connectivity index (χ1n) is 9.89. The molecule has 0 spiro atoms. The van der Waals surface area contributed by atoms with Gasteiger partial charge in [-0.3, -0.25) is 9.10 Å². The van der Waals surface area contributed by atoms with Crippen molar-refractivity contribution in [1.29, 1.82) is 0 Å². The van der Waals surface area contributed by atoms with Crippen LogP contribution in [0.1, 0.15) is 17.5 Å². The molecule has 1 N–H and O–H groups in total. The third-order valence-corrected chi connectivity index (χ3v) is 7.51. The number of alkyl halides is 3. The minimum Gasteiger partial charge on any atom is -0.481 e. The summed E-state index contributed by atoms with van der Waals surface area (Å²) in [4.78, 5) is 10.8. The van der Waals surface area contributed by atoms with Crippen molar-refractivity contribution in [2.75, 3.05) is 4.31 Å². The van der Waals surface area contributed by atoms with Crippen molar-refractivity contribution in [2.45, 2.75) is 30.0 Å². The second-order valence-corrected chi connectivity index (χ2v) is 10.0. The number of sulfonamides is 1. The quantitative estimate of drug-likeness (QED) is 0.440. The average Bonchev–Trinajstić information content (AvgIpc) is 3.09. The molecule has 0 saturated carbocycles. The number of carbonyl (C=O) groups is 1. The van der Waals surface area contributed by atoms with Gasteiger partial charge in [-0.15, -0.1) is 0 Å². The molecule has 1 atom stereocenters. The summed E-state index contributed by atoms with van der Waals surface area (Å²) >= 11 is 5.93. The number of anilines is 1. The molecular weight excluding hydrogens is 498 g/mol. The lowest BCUT2D eigenvalue weighted by molar-refractivity contribution is -0.138. The van der Waals surface area contributed by atoms with Gasteiger partial charge < -0.3 is 5.11 Å². The average molecular weight is 514 g/mol. The highest BCUT2D eigenvalue weighted by molar-refractivity contribution is 7.92. The molecule has 11 heteroatoms. The molecular formula is C23H16ClF4NO4S. The van der Waals surface area contributed by atoms with Crippen LogP contribution >= 0.6 is 11.6 Å². The standard InChI is InChI=1S/C23H16ClF4NO4S/c24-17-6-15(7-18(25)11-17)13-4-5-14-8-19(12-22(30)31)29(21(14)9-13)34(32,33)20-3-1-2-16(10-20)23(26,27)28/h1-7,9-11,19H,8,12H2,(H,30,31). The smallest absolute Gasteiger partial charge is 0.416 e. The Morgan fingerprint density at radius 3 is 2.44 bits per heavy atom. The van der Waals surface area contributed by atoms with Crippen molar-refractivity contribution in [3.8, 4) is 11.1 Å². The molecule has 5 nitrogen and oxygen atoms in total. The van der Waals surface area contributed by atoms with E-state index < -0.39 is 50.9 Å². The van der Waals surface area contributed by atoms with Gasteiger partial charge in [-0.2, -0.15) is 13.2 Å². The van der Waals surface area contributed by atoms with Crippen LogP contribution in [0.25, 0.3) is 11.1 Å². The Bertz CT molecular complexity index is 1370. The fraction of sp³-hybridized carbons (Fsp3) is 0.174. The summed E-state index contributed by atoms with van der Waals surface area (Å²) < 4.78 is 81.3. The predicted molar refractivity (Wildman–Crippen MR) is 118 cm³/mol. The van der Waals surface area contributed by atoms with E-state index in [-0.39, 0.29) is 17.1 Å². The Hall–Kier alpha value is -3.11. The Balaban J connectivity index is 1.86. The predicted octanol–water partition coefficient (Wildman–Crippen LogP) is 5.76. The van der Waals surface area contributed by atoms with Gasteiger partial charge in [-0.25, -0.2) is 12.8 Å². The van der Waals surface area contributed by atoms with E-state index in [9.17, 15) is 35.9 Å². The first-order chi connectivity index (χ1) is 15.9. The molecule has 0 fully saturated rings. The highest BCUT2D eigenvalue weighted by Gasteiger charge is 2.41. The Labute approximate surface area is 197 Å². The number of halogens is 5. The third kappa shape index (κ3) is 4.60. The largest absolute Gasteiger partial charge is 0.481 e. The third-order valence-electron chi connectivity index (χ3n) is 5.43. The minimum absolute atomic E-state index is 0.0456. The molecule has 1 aliphatic rings. The minimum atomic E-state index is -4.77. The molecule has 0 radical (unpaired) electrons. The van der Waals surface area contributed by atoms with Crippen LogP contribution in [0.2, 0.25) is 5.02 Å². The number of aliphatic carboxylic acids is 1. The zero-order valence-electron chi connectivity index (χ0n) is 17.2. The SMILES string of the molecule is O=C(O)CC1Cc2ccc(-c3cc(F)cc(Cl)c3)cc2N1S(=O)(=O)c1cccc(C(F)(F)F)c1. The van der Waals surface area contributed by atoms with Crippen LogP contribution in [-0.4, -0.2) is 25.5 Å². The van der Waals surface area contributed by atoms with Crippen LogP contribution in [0.5, 0.6) is 0 Å². The monoisotopic (exact) mass is 513 g/mol. The fourth-order valence-corrected chi connectivity index (χ4v) is 5.95. The zero-order valence-corrected chi connectivity index (χ0v) is 18.8. The van der Waals surface area contributed by atoms with E-state index in [4.69, 9.17) is 11.6 Å². The summed E-state index contributed by atoms with van der Waals surface area (Å²) in [6.45, 7) is 0. The van der Waals surface area contributed by atoms with E-state index in [0.717, 1.165) is 28.6 Å². The maximum atomic E-state index is 13.9. The highest BCUT2D eigenvalue weighted by Crippen LogP contribution is 2.41. The van der Waals surface area contributed by atoms with Crippen LogP contribution < -0.4 is 4.31 Å². The molecule has 1 heterocycles. The van der Waals surface area contributed by atoms with Crippen molar-refractivity contribution in [3.63, 3.8) is 0 Å². The van der Waals surface area contributed by atoms with Gasteiger partial charge in [0.2, 0.25) is 0 Å². The topological polar surface area (TPSA) is 74.7 Å². The lowest BCUT2D eigenvalue weighted by Crippen LogP contribution is -2.39. The van der Waals surface area contributed by atoms with Gasteiger partial charge in [0.1, 0.15) is 5.82 Å². The molecule has 1 unspecified atom stereocenters. The number of hydrogen-bond acceptors (Lipinski definition) is 3. The van der Waals surface area contributed by atoms with E-state index in [0.29, 0.717) is 22.8 Å². The number of carboxylic acid groups (broad SMARTS) is 1. The van der Waals surface area contributed by atoms with E-state index in [1.165, 1.54) is 18.2 Å². The van der Waals surface area contributed by atoms with Gasteiger partial charge in [0.25, 0.3) is 10.0 Å². The summed E-state index contributed by atoms with van der Waals surface area (Å²) in [7, 11) is -4.58. The molecule has 0 saturated heterocycles. The van der Waals surface area contributed by atoms with Crippen LogP contribution in [0.3, 0.4) is 0 Å². The van der Waals surface area contributed by atoms with E-state index in [2.05, 4.69) is 0 Å². The maximum absolute atomic E-state index is 13.9. The van der Waals surface area contributed by atoms with Gasteiger partial charge in [-0.1, -0.05) is 29.8 Å². The molecule has 4 rings (SSSR count). The van der Waals surface area contributed by atoms with Gasteiger partial charge in [0, 0.05) is 5.02 Å². The van der Waals surface area contributed by atoms with E-state index in [1.807, 2.05) is 0 Å². The Kier molecular flexibility index (Phi) is 6.07. The normalized spacial score (nSPS) is 15.9. The highest BCUT2D eigenvalue weighted by atomic mass is 35.5. The number of nitrogens with zero attached hydrogens (tertiary/aromatic N) is 1. The molecule has 34 heavy (non-hydrogen) atoms. The Morgan fingerprint density at radius 2 is 1.79 bits per heavy atom. The Morgan fingerprint density at radius 1 is 1.06 bits per heavy atom. The number of hydrogen-bond donors (Lipinski definition) is 1. The lowest BCUT2D eigenvalue weighted by Gasteiger charge is -2.26. The van der Waals surface area contributed by atoms with Crippen LogP contribution in [0, 0.1) is 5.82 Å². The van der Waals surface area contributed by atoms with Gasteiger partial charge in [0.05, 0.1) is 28.6 Å².